The zero-order chi connectivity index (χ0) is 16.6. The topological polar surface area (TPSA) is 68.9 Å². The van der Waals surface area contributed by atoms with E-state index in [-0.39, 0.29) is 0 Å². The van der Waals surface area contributed by atoms with Gasteiger partial charge < -0.3 is 9.80 Å². The number of nitriles is 1. The monoisotopic (exact) mass is 328 g/mol. The third-order valence-electron chi connectivity index (χ3n) is 4.33. The fourth-order valence-corrected chi connectivity index (χ4v) is 3.79. The molecule has 0 aliphatic carbocycles. The van der Waals surface area contributed by atoms with Crippen LogP contribution in [0.2, 0.25) is 0 Å². The molecule has 6 nitrogen and oxygen atoms in total. The van der Waals surface area contributed by atoms with Gasteiger partial charge in [-0.1, -0.05) is 0 Å². The van der Waals surface area contributed by atoms with Crippen molar-refractivity contribution in [3.05, 3.63) is 27.9 Å². The number of piperazine rings is 1. The van der Waals surface area contributed by atoms with Crippen LogP contribution in [0.1, 0.15) is 29.4 Å². The predicted octanol–water partition coefficient (Wildman–Crippen LogP) is 2.45. The van der Waals surface area contributed by atoms with E-state index in [9.17, 15) is 5.26 Å². The summed E-state index contributed by atoms with van der Waals surface area (Å²) < 4.78 is 0. The lowest BCUT2D eigenvalue weighted by molar-refractivity contribution is 0.543. The average molecular weight is 328 g/mol. The zero-order valence-electron chi connectivity index (χ0n) is 13.9. The fourth-order valence-electron chi connectivity index (χ4n) is 2.86. The molecule has 3 heterocycles. The van der Waals surface area contributed by atoms with Crippen molar-refractivity contribution < 1.29 is 0 Å². The molecule has 23 heavy (non-hydrogen) atoms. The molecule has 0 unspecified atom stereocenters. The molecule has 3 rings (SSSR count). The molecule has 1 aliphatic heterocycles. The first kappa shape index (κ1) is 15.7. The standard InChI is InChI=1S/C16H20N6S/c1-10-9-23-16(18-10)22-6-5-21(8-11(22)2)15-14(7-17)12(3)13(4)19-20-15/h9,11H,5-6,8H2,1-4H3/t11-/m1/s1. The lowest BCUT2D eigenvalue weighted by Gasteiger charge is -2.40. The van der Waals surface area contributed by atoms with Gasteiger partial charge >= 0.3 is 0 Å². The van der Waals surface area contributed by atoms with E-state index in [2.05, 4.69) is 43.4 Å². The summed E-state index contributed by atoms with van der Waals surface area (Å²) >= 11 is 1.68. The number of thiazole rings is 1. The molecule has 0 aromatic carbocycles. The number of rotatable bonds is 2. The summed E-state index contributed by atoms with van der Waals surface area (Å²) in [6, 6.07) is 2.60. The van der Waals surface area contributed by atoms with Crippen LogP contribution in [0.3, 0.4) is 0 Å². The Morgan fingerprint density at radius 3 is 2.65 bits per heavy atom. The van der Waals surface area contributed by atoms with Crippen LogP contribution in [0.15, 0.2) is 5.38 Å². The molecular formula is C16H20N6S. The quantitative estimate of drug-likeness (QED) is 0.843. The van der Waals surface area contributed by atoms with Crippen LogP contribution < -0.4 is 9.80 Å². The van der Waals surface area contributed by atoms with Crippen LogP contribution in [0.5, 0.6) is 0 Å². The van der Waals surface area contributed by atoms with Crippen LogP contribution in [-0.4, -0.2) is 40.9 Å². The van der Waals surface area contributed by atoms with Crippen molar-refractivity contribution in [3.8, 4) is 6.07 Å². The maximum Gasteiger partial charge on any atom is 0.185 e. The number of hydrogen-bond donors (Lipinski definition) is 0. The molecule has 1 aliphatic rings. The molecule has 120 valence electrons. The van der Waals surface area contributed by atoms with E-state index in [1.807, 2.05) is 20.8 Å². The van der Waals surface area contributed by atoms with Gasteiger partial charge in [0.1, 0.15) is 11.6 Å². The first-order valence-electron chi connectivity index (χ1n) is 7.69. The van der Waals surface area contributed by atoms with Crippen LogP contribution >= 0.6 is 11.3 Å². The zero-order valence-corrected chi connectivity index (χ0v) is 14.7. The molecule has 0 bridgehead atoms. The Labute approximate surface area is 140 Å². The minimum atomic E-state index is 0.309. The van der Waals surface area contributed by atoms with Gasteiger partial charge in [0, 0.05) is 31.1 Å². The summed E-state index contributed by atoms with van der Waals surface area (Å²) in [6.45, 7) is 10.5. The van der Waals surface area contributed by atoms with Crippen molar-refractivity contribution in [3.63, 3.8) is 0 Å². The van der Waals surface area contributed by atoms with Crippen LogP contribution in [0, 0.1) is 32.1 Å². The normalized spacial score (nSPS) is 18.1. The van der Waals surface area contributed by atoms with E-state index < -0.39 is 0 Å². The Morgan fingerprint density at radius 1 is 1.26 bits per heavy atom. The van der Waals surface area contributed by atoms with Gasteiger partial charge in [-0.2, -0.15) is 10.4 Å². The van der Waals surface area contributed by atoms with Gasteiger partial charge in [0.2, 0.25) is 0 Å². The molecule has 0 spiro atoms. The maximum absolute atomic E-state index is 9.49. The van der Waals surface area contributed by atoms with Crippen molar-refractivity contribution in [1.82, 2.24) is 15.2 Å². The van der Waals surface area contributed by atoms with Crippen molar-refractivity contribution in [2.24, 2.45) is 0 Å². The number of aryl methyl sites for hydroxylation is 2. The third-order valence-corrected chi connectivity index (χ3v) is 5.32. The van der Waals surface area contributed by atoms with Gasteiger partial charge in [-0.15, -0.1) is 16.4 Å². The molecule has 1 fully saturated rings. The number of anilines is 2. The largest absolute Gasteiger partial charge is 0.350 e. The molecule has 7 heteroatoms. The van der Waals surface area contributed by atoms with Gasteiger partial charge in [0.15, 0.2) is 10.9 Å². The maximum atomic E-state index is 9.49. The number of hydrogen-bond acceptors (Lipinski definition) is 7. The molecular weight excluding hydrogens is 308 g/mol. The second-order valence-electron chi connectivity index (χ2n) is 5.98. The van der Waals surface area contributed by atoms with Gasteiger partial charge in [-0.25, -0.2) is 4.98 Å². The van der Waals surface area contributed by atoms with E-state index in [4.69, 9.17) is 0 Å². The summed E-state index contributed by atoms with van der Waals surface area (Å²) in [5.41, 5.74) is 3.44. The first-order chi connectivity index (χ1) is 11.0. The Balaban J connectivity index is 1.83. The van der Waals surface area contributed by atoms with Gasteiger partial charge in [-0.3, -0.25) is 0 Å². The summed E-state index contributed by atoms with van der Waals surface area (Å²) in [5.74, 6) is 0.706. The second-order valence-corrected chi connectivity index (χ2v) is 6.82. The summed E-state index contributed by atoms with van der Waals surface area (Å²) in [7, 11) is 0. The highest BCUT2D eigenvalue weighted by molar-refractivity contribution is 7.13. The molecule has 1 atom stereocenters. The van der Waals surface area contributed by atoms with Crippen LogP contribution in [0.4, 0.5) is 10.9 Å². The Bertz CT molecular complexity index is 762. The highest BCUT2D eigenvalue weighted by Crippen LogP contribution is 2.28. The van der Waals surface area contributed by atoms with E-state index in [0.29, 0.717) is 17.4 Å². The predicted molar refractivity (Wildman–Crippen MR) is 92.1 cm³/mol. The highest BCUT2D eigenvalue weighted by atomic mass is 32.1. The minimum absolute atomic E-state index is 0.309. The van der Waals surface area contributed by atoms with Crippen molar-refractivity contribution in [1.29, 1.82) is 5.26 Å². The lowest BCUT2D eigenvalue weighted by Crippen LogP contribution is -2.52. The smallest absolute Gasteiger partial charge is 0.185 e. The van der Waals surface area contributed by atoms with E-state index in [0.717, 1.165) is 41.7 Å². The highest BCUT2D eigenvalue weighted by Gasteiger charge is 2.28. The number of aromatic nitrogens is 3. The second kappa shape index (κ2) is 6.13. The summed E-state index contributed by atoms with van der Waals surface area (Å²) in [4.78, 5) is 9.08. The summed E-state index contributed by atoms with van der Waals surface area (Å²) in [5, 5.41) is 21.1. The molecule has 1 saturated heterocycles. The number of nitrogens with zero attached hydrogens (tertiary/aromatic N) is 6. The molecule has 0 saturated carbocycles. The lowest BCUT2D eigenvalue weighted by atomic mass is 10.1. The van der Waals surface area contributed by atoms with Crippen LogP contribution in [-0.2, 0) is 0 Å². The van der Waals surface area contributed by atoms with Crippen molar-refractivity contribution in [2.75, 3.05) is 29.4 Å². The van der Waals surface area contributed by atoms with Gasteiger partial charge in [0.05, 0.1) is 11.4 Å². The van der Waals surface area contributed by atoms with E-state index in [1.165, 1.54) is 0 Å². The summed E-state index contributed by atoms with van der Waals surface area (Å²) in [6.07, 6.45) is 0. The van der Waals surface area contributed by atoms with E-state index in [1.54, 1.807) is 11.3 Å². The molecule has 0 radical (unpaired) electrons. The molecule has 0 amide bonds. The van der Waals surface area contributed by atoms with Crippen molar-refractivity contribution in [2.45, 2.75) is 33.7 Å². The van der Waals surface area contributed by atoms with E-state index >= 15 is 0 Å². The fraction of sp³-hybridized carbons (Fsp3) is 0.500. The molecule has 0 N–H and O–H groups in total. The van der Waals surface area contributed by atoms with Crippen LogP contribution in [0.25, 0.3) is 0 Å². The SMILES string of the molecule is Cc1csc(N2CCN(c3nnc(C)c(C)c3C#N)C[C@H]2C)n1. The Morgan fingerprint density at radius 2 is 2.04 bits per heavy atom. The molecule has 2 aromatic rings. The average Bonchev–Trinajstić information content (AvgIpc) is 2.96. The Hall–Kier alpha value is -2.20. The van der Waals surface area contributed by atoms with Gasteiger partial charge in [0.25, 0.3) is 0 Å². The first-order valence-corrected chi connectivity index (χ1v) is 8.57. The Kier molecular flexibility index (Phi) is 4.18. The third kappa shape index (κ3) is 2.86. The minimum Gasteiger partial charge on any atom is -0.350 e. The van der Waals surface area contributed by atoms with Gasteiger partial charge in [-0.05, 0) is 33.3 Å². The van der Waals surface area contributed by atoms with Crippen molar-refractivity contribution >= 4 is 22.3 Å². The molecule has 2 aromatic heterocycles.